The number of rotatable bonds is 5. The second-order valence-corrected chi connectivity index (χ2v) is 3.53. The van der Waals surface area contributed by atoms with E-state index in [-0.39, 0.29) is 18.7 Å². The van der Waals surface area contributed by atoms with E-state index in [1.165, 1.54) is 19.4 Å². The van der Waals surface area contributed by atoms with Crippen molar-refractivity contribution >= 4 is 5.69 Å². The summed E-state index contributed by atoms with van der Waals surface area (Å²) in [4.78, 5) is 14.2. The Bertz CT molecular complexity index is 381. The lowest BCUT2D eigenvalue weighted by molar-refractivity contribution is -0.385. The van der Waals surface area contributed by atoms with Crippen molar-refractivity contribution in [1.29, 1.82) is 0 Å². The maximum atomic E-state index is 10.7. The van der Waals surface area contributed by atoms with Crippen molar-refractivity contribution in [2.75, 3.05) is 13.7 Å². The van der Waals surface area contributed by atoms with Crippen molar-refractivity contribution in [3.8, 4) is 0 Å². The van der Waals surface area contributed by atoms with Crippen LogP contribution >= 0.6 is 0 Å². The number of aliphatic hydroxyl groups excluding tert-OH is 1. The van der Waals surface area contributed by atoms with Crippen molar-refractivity contribution in [1.82, 2.24) is 4.98 Å². The molecule has 0 radical (unpaired) electrons. The minimum Gasteiger partial charge on any atom is -0.390 e. The van der Waals surface area contributed by atoms with Gasteiger partial charge in [0.1, 0.15) is 0 Å². The topological polar surface area (TPSA) is 85.5 Å². The highest BCUT2D eigenvalue weighted by Crippen LogP contribution is 2.17. The predicted molar refractivity (Wildman–Crippen MR) is 57.2 cm³/mol. The number of hydrogen-bond donors (Lipinski definition) is 1. The minimum absolute atomic E-state index is 0.0228. The lowest BCUT2D eigenvalue weighted by atomic mass is 10.1. The van der Waals surface area contributed by atoms with E-state index in [1.807, 2.05) is 0 Å². The van der Waals surface area contributed by atoms with Crippen LogP contribution in [-0.2, 0) is 11.2 Å². The van der Waals surface area contributed by atoms with E-state index in [2.05, 4.69) is 4.98 Å². The number of nitrogens with zero attached hydrogens (tertiary/aromatic N) is 2. The molecule has 6 nitrogen and oxygen atoms in total. The van der Waals surface area contributed by atoms with Crippen molar-refractivity contribution in [3.63, 3.8) is 0 Å². The molecule has 0 aliphatic rings. The summed E-state index contributed by atoms with van der Waals surface area (Å²) in [5.74, 6) is 0. The molecule has 16 heavy (non-hydrogen) atoms. The van der Waals surface area contributed by atoms with Gasteiger partial charge in [0.05, 0.1) is 17.6 Å². The first-order chi connectivity index (χ1) is 7.54. The zero-order valence-electron chi connectivity index (χ0n) is 9.21. The van der Waals surface area contributed by atoms with E-state index in [0.717, 1.165) is 0 Å². The molecule has 0 aromatic carbocycles. The summed E-state index contributed by atoms with van der Waals surface area (Å²) in [5, 5.41) is 20.1. The quantitative estimate of drug-likeness (QED) is 0.594. The van der Waals surface area contributed by atoms with Crippen molar-refractivity contribution in [3.05, 3.63) is 33.6 Å². The molecule has 0 amide bonds. The van der Waals surface area contributed by atoms with E-state index < -0.39 is 11.0 Å². The van der Waals surface area contributed by atoms with Crippen molar-refractivity contribution in [2.45, 2.75) is 19.4 Å². The molecule has 1 aromatic heterocycles. The molecule has 1 N–H and O–H groups in total. The lowest BCUT2D eigenvalue weighted by Gasteiger charge is -2.08. The maximum Gasteiger partial charge on any atom is 0.275 e. The van der Waals surface area contributed by atoms with Crippen molar-refractivity contribution < 1.29 is 14.8 Å². The molecular weight excluding hydrogens is 212 g/mol. The van der Waals surface area contributed by atoms with Crippen LogP contribution in [0.5, 0.6) is 0 Å². The highest BCUT2D eigenvalue weighted by atomic mass is 16.6. The predicted octanol–water partition coefficient (Wildman–Crippen LogP) is 0.848. The maximum absolute atomic E-state index is 10.7. The summed E-state index contributed by atoms with van der Waals surface area (Å²) in [6.07, 6.45) is 0.988. The van der Waals surface area contributed by atoms with Gasteiger partial charge in [-0.25, -0.2) is 0 Å². The standard InChI is InChI=1S/C10H14N2O4/c1-7-5-11-8(3-9(13)6-16-2)4-10(7)12(14)15/h4-5,9,13H,3,6H2,1-2H3. The van der Waals surface area contributed by atoms with Gasteiger partial charge in [0, 0.05) is 37.1 Å². The van der Waals surface area contributed by atoms with E-state index in [4.69, 9.17) is 4.74 Å². The Hall–Kier alpha value is -1.53. The van der Waals surface area contributed by atoms with E-state index >= 15 is 0 Å². The second-order valence-electron chi connectivity index (χ2n) is 3.53. The Morgan fingerprint density at radius 1 is 1.69 bits per heavy atom. The van der Waals surface area contributed by atoms with E-state index in [0.29, 0.717) is 11.3 Å². The number of aliphatic hydroxyl groups is 1. The highest BCUT2D eigenvalue weighted by molar-refractivity contribution is 5.38. The lowest BCUT2D eigenvalue weighted by Crippen LogP contribution is -2.17. The number of nitro groups is 1. The fraction of sp³-hybridized carbons (Fsp3) is 0.500. The summed E-state index contributed by atoms with van der Waals surface area (Å²) in [5.41, 5.74) is 1.02. The van der Waals surface area contributed by atoms with Gasteiger partial charge in [-0.3, -0.25) is 15.1 Å². The Morgan fingerprint density at radius 2 is 2.38 bits per heavy atom. The van der Waals surface area contributed by atoms with Crippen LogP contribution in [0.25, 0.3) is 0 Å². The van der Waals surface area contributed by atoms with Crippen LogP contribution in [0.4, 0.5) is 5.69 Å². The average Bonchev–Trinajstić information content (AvgIpc) is 2.21. The van der Waals surface area contributed by atoms with Crippen LogP contribution in [0.1, 0.15) is 11.3 Å². The largest absolute Gasteiger partial charge is 0.390 e. The number of pyridine rings is 1. The van der Waals surface area contributed by atoms with Gasteiger partial charge in [-0.2, -0.15) is 0 Å². The second kappa shape index (κ2) is 5.53. The van der Waals surface area contributed by atoms with E-state index in [9.17, 15) is 15.2 Å². The van der Waals surface area contributed by atoms with Crippen LogP contribution in [0.15, 0.2) is 12.3 Å². The third kappa shape index (κ3) is 3.25. The molecule has 1 aromatic rings. The molecule has 0 fully saturated rings. The molecule has 6 heteroatoms. The molecule has 0 saturated carbocycles. The average molecular weight is 226 g/mol. The number of ether oxygens (including phenoxy) is 1. The molecule has 1 atom stereocenters. The van der Waals surface area contributed by atoms with Crippen LogP contribution in [0.3, 0.4) is 0 Å². The summed E-state index contributed by atoms with van der Waals surface area (Å²) in [6, 6.07) is 1.38. The van der Waals surface area contributed by atoms with Crippen LogP contribution < -0.4 is 0 Å². The summed E-state index contributed by atoms with van der Waals surface area (Å²) < 4.78 is 4.77. The smallest absolute Gasteiger partial charge is 0.275 e. The summed E-state index contributed by atoms with van der Waals surface area (Å²) >= 11 is 0. The monoisotopic (exact) mass is 226 g/mol. The summed E-state index contributed by atoms with van der Waals surface area (Å²) in [7, 11) is 1.48. The van der Waals surface area contributed by atoms with Crippen LogP contribution in [0, 0.1) is 17.0 Å². The molecule has 1 unspecified atom stereocenters. The first-order valence-corrected chi connectivity index (χ1v) is 4.81. The van der Waals surface area contributed by atoms with Crippen LogP contribution in [-0.4, -0.2) is 34.8 Å². The third-order valence-corrected chi connectivity index (χ3v) is 2.13. The SMILES string of the molecule is COCC(O)Cc1cc([N+](=O)[O-])c(C)cn1. The molecule has 88 valence electrons. The normalized spacial score (nSPS) is 12.4. The van der Waals surface area contributed by atoms with Gasteiger partial charge in [-0.05, 0) is 6.92 Å². The van der Waals surface area contributed by atoms with Gasteiger partial charge >= 0.3 is 0 Å². The van der Waals surface area contributed by atoms with E-state index in [1.54, 1.807) is 6.92 Å². The summed E-state index contributed by atoms with van der Waals surface area (Å²) in [6.45, 7) is 1.81. The fourth-order valence-electron chi connectivity index (χ4n) is 1.36. The highest BCUT2D eigenvalue weighted by Gasteiger charge is 2.14. The minimum atomic E-state index is -0.695. The fourth-order valence-corrected chi connectivity index (χ4v) is 1.36. The number of hydrogen-bond acceptors (Lipinski definition) is 5. The zero-order valence-corrected chi connectivity index (χ0v) is 9.21. The van der Waals surface area contributed by atoms with Crippen molar-refractivity contribution in [2.24, 2.45) is 0 Å². The Kier molecular flexibility index (Phi) is 4.33. The molecule has 1 heterocycles. The number of aromatic nitrogens is 1. The Labute approximate surface area is 93.0 Å². The van der Waals surface area contributed by atoms with Gasteiger partial charge in [-0.1, -0.05) is 0 Å². The number of aryl methyl sites for hydroxylation is 1. The van der Waals surface area contributed by atoms with Crippen LogP contribution in [0.2, 0.25) is 0 Å². The molecule has 0 aliphatic heterocycles. The third-order valence-electron chi connectivity index (χ3n) is 2.13. The molecule has 1 rings (SSSR count). The van der Waals surface area contributed by atoms with Gasteiger partial charge in [0.25, 0.3) is 5.69 Å². The van der Waals surface area contributed by atoms with Gasteiger partial charge in [0.2, 0.25) is 0 Å². The molecule has 0 spiro atoms. The molecule has 0 bridgehead atoms. The molecule has 0 aliphatic carbocycles. The van der Waals surface area contributed by atoms with Gasteiger partial charge < -0.3 is 9.84 Å². The first kappa shape index (κ1) is 12.5. The first-order valence-electron chi connectivity index (χ1n) is 4.81. The molecule has 0 saturated heterocycles. The molecular formula is C10H14N2O4. The Balaban J connectivity index is 2.82. The van der Waals surface area contributed by atoms with Gasteiger partial charge in [0.15, 0.2) is 0 Å². The Morgan fingerprint density at radius 3 is 2.94 bits per heavy atom. The number of methoxy groups -OCH3 is 1. The zero-order chi connectivity index (χ0) is 12.1. The van der Waals surface area contributed by atoms with Gasteiger partial charge in [-0.15, -0.1) is 0 Å².